The van der Waals surface area contributed by atoms with Crippen LogP contribution in [-0.2, 0) is 15.9 Å². The summed E-state index contributed by atoms with van der Waals surface area (Å²) in [4.78, 5) is 0. The van der Waals surface area contributed by atoms with Crippen LogP contribution in [0.3, 0.4) is 0 Å². The fraction of sp³-hybridized carbons (Fsp3) is 0.625. The van der Waals surface area contributed by atoms with Crippen LogP contribution in [0.2, 0.25) is 0 Å². The molecule has 4 nitrogen and oxygen atoms in total. The van der Waals surface area contributed by atoms with Gasteiger partial charge in [-0.15, -0.1) is 0 Å². The van der Waals surface area contributed by atoms with E-state index in [1.807, 2.05) is 13.8 Å². The largest absolute Gasteiger partial charge is 0.493 e. The average Bonchev–Trinajstić information content (AvgIpc) is 2.92. The van der Waals surface area contributed by atoms with Gasteiger partial charge in [0.25, 0.3) is 0 Å². The molecule has 0 aliphatic carbocycles. The number of likely N-dealkylation sites (N-methyl/N-ethyl adjacent to an activating group) is 1. The quantitative estimate of drug-likeness (QED) is 0.743. The summed E-state index contributed by atoms with van der Waals surface area (Å²) in [6.45, 7) is 9.01. The van der Waals surface area contributed by atoms with Crippen LogP contribution in [0.5, 0.6) is 5.75 Å². The Balaban J connectivity index is 2.21. The molecule has 1 aromatic rings. The zero-order valence-corrected chi connectivity index (χ0v) is 12.6. The van der Waals surface area contributed by atoms with E-state index < -0.39 is 0 Å². The Morgan fingerprint density at radius 3 is 2.60 bits per heavy atom. The van der Waals surface area contributed by atoms with Crippen LogP contribution >= 0.6 is 0 Å². The van der Waals surface area contributed by atoms with Crippen LogP contribution in [0.25, 0.3) is 0 Å². The Kier molecular flexibility index (Phi) is 5.83. The van der Waals surface area contributed by atoms with Crippen molar-refractivity contribution in [2.75, 3.05) is 26.4 Å². The van der Waals surface area contributed by atoms with Gasteiger partial charge in [0.05, 0.1) is 12.6 Å². The van der Waals surface area contributed by atoms with E-state index in [2.05, 4.69) is 30.4 Å². The molecule has 0 amide bonds. The van der Waals surface area contributed by atoms with Crippen LogP contribution in [0.1, 0.15) is 37.9 Å². The third-order valence-electron chi connectivity index (χ3n) is 3.43. The molecule has 112 valence electrons. The van der Waals surface area contributed by atoms with Crippen LogP contribution < -0.4 is 10.1 Å². The van der Waals surface area contributed by atoms with Gasteiger partial charge in [-0.05, 0) is 37.6 Å². The first-order valence-electron chi connectivity index (χ1n) is 7.52. The van der Waals surface area contributed by atoms with Crippen molar-refractivity contribution in [3.05, 3.63) is 29.3 Å². The first-order valence-corrected chi connectivity index (χ1v) is 7.52. The highest BCUT2D eigenvalue weighted by molar-refractivity contribution is 5.41. The molecule has 0 spiro atoms. The highest BCUT2D eigenvalue weighted by Gasteiger charge is 2.25. The van der Waals surface area contributed by atoms with Crippen molar-refractivity contribution in [1.29, 1.82) is 0 Å². The molecule has 4 heteroatoms. The number of hydrogen-bond acceptors (Lipinski definition) is 4. The number of hydrogen-bond donors (Lipinski definition) is 1. The Bertz CT molecular complexity index is 416. The molecule has 0 bridgehead atoms. The zero-order valence-electron chi connectivity index (χ0n) is 12.6. The zero-order chi connectivity index (χ0) is 14.4. The molecule has 0 saturated carbocycles. The van der Waals surface area contributed by atoms with Crippen molar-refractivity contribution >= 4 is 0 Å². The van der Waals surface area contributed by atoms with Gasteiger partial charge in [0.15, 0.2) is 6.29 Å². The Morgan fingerprint density at radius 1 is 1.20 bits per heavy atom. The summed E-state index contributed by atoms with van der Waals surface area (Å²) < 4.78 is 17.1. The van der Waals surface area contributed by atoms with Crippen LogP contribution in [0, 0.1) is 0 Å². The molecule has 1 aliphatic heterocycles. The smallest absolute Gasteiger partial charge is 0.176 e. The molecule has 1 N–H and O–H groups in total. The second-order valence-corrected chi connectivity index (χ2v) is 4.78. The summed E-state index contributed by atoms with van der Waals surface area (Å²) in [5, 5.41) is 3.47. The summed E-state index contributed by atoms with van der Waals surface area (Å²) in [5.41, 5.74) is 2.47. The molecular weight excluding hydrogens is 254 g/mol. The minimum Gasteiger partial charge on any atom is -0.493 e. The number of benzene rings is 1. The molecule has 1 aliphatic rings. The van der Waals surface area contributed by atoms with Crippen molar-refractivity contribution in [1.82, 2.24) is 5.32 Å². The van der Waals surface area contributed by atoms with Crippen molar-refractivity contribution in [2.45, 2.75) is 39.5 Å². The van der Waals surface area contributed by atoms with Crippen LogP contribution in [0.15, 0.2) is 18.2 Å². The number of ether oxygens (including phenoxy) is 3. The van der Waals surface area contributed by atoms with E-state index in [9.17, 15) is 0 Å². The first kappa shape index (κ1) is 15.3. The fourth-order valence-corrected chi connectivity index (χ4v) is 2.56. The minimum absolute atomic E-state index is 0.0470. The molecule has 0 fully saturated rings. The second kappa shape index (κ2) is 7.62. The number of fused-ring (bicyclic) bond motifs is 1. The summed E-state index contributed by atoms with van der Waals surface area (Å²) in [6.07, 6.45) is 0.723. The van der Waals surface area contributed by atoms with E-state index >= 15 is 0 Å². The Labute approximate surface area is 121 Å². The van der Waals surface area contributed by atoms with Gasteiger partial charge < -0.3 is 19.5 Å². The van der Waals surface area contributed by atoms with Crippen LogP contribution in [-0.4, -0.2) is 32.7 Å². The molecule has 20 heavy (non-hydrogen) atoms. The number of rotatable bonds is 8. The molecule has 0 radical (unpaired) electrons. The predicted octanol–water partition coefficient (Wildman–Crippen LogP) is 2.67. The van der Waals surface area contributed by atoms with Gasteiger partial charge in [-0.3, -0.25) is 0 Å². The third-order valence-corrected chi connectivity index (χ3v) is 3.43. The molecule has 1 aromatic carbocycles. The molecule has 0 saturated heterocycles. The van der Waals surface area contributed by atoms with Gasteiger partial charge in [-0.2, -0.15) is 0 Å². The maximum atomic E-state index is 5.75. The number of nitrogens with one attached hydrogen (secondary N) is 1. The Morgan fingerprint density at radius 2 is 1.95 bits per heavy atom. The van der Waals surface area contributed by atoms with Crippen molar-refractivity contribution in [3.8, 4) is 5.75 Å². The van der Waals surface area contributed by atoms with E-state index in [-0.39, 0.29) is 12.3 Å². The van der Waals surface area contributed by atoms with Gasteiger partial charge in [-0.1, -0.05) is 19.1 Å². The topological polar surface area (TPSA) is 39.7 Å². The van der Waals surface area contributed by atoms with Crippen molar-refractivity contribution in [2.24, 2.45) is 0 Å². The molecule has 2 rings (SSSR count). The van der Waals surface area contributed by atoms with Crippen LogP contribution in [0.4, 0.5) is 0 Å². The van der Waals surface area contributed by atoms with E-state index in [0.29, 0.717) is 13.2 Å². The molecular formula is C16H25NO3. The monoisotopic (exact) mass is 279 g/mol. The minimum atomic E-state index is -0.259. The fourth-order valence-electron chi connectivity index (χ4n) is 2.56. The lowest BCUT2D eigenvalue weighted by Gasteiger charge is -2.28. The van der Waals surface area contributed by atoms with E-state index in [0.717, 1.165) is 25.3 Å². The summed E-state index contributed by atoms with van der Waals surface area (Å²) in [6, 6.07) is 6.41. The summed E-state index contributed by atoms with van der Waals surface area (Å²) in [7, 11) is 0. The predicted molar refractivity (Wildman–Crippen MR) is 79.1 cm³/mol. The lowest BCUT2D eigenvalue weighted by molar-refractivity contribution is -0.155. The normalized spacial score (nSPS) is 15.2. The first-order chi connectivity index (χ1) is 9.80. The van der Waals surface area contributed by atoms with Gasteiger partial charge in [0.2, 0.25) is 0 Å². The molecule has 1 unspecified atom stereocenters. The lowest BCUT2D eigenvalue weighted by atomic mass is 10.0. The standard InChI is InChI=1S/C16H25NO3/c1-4-17-15(16(18-5-2)19-6-3)13-7-8-14-12(11-13)9-10-20-14/h7-8,11,15-17H,4-6,9-10H2,1-3H3. The Hall–Kier alpha value is -1.10. The lowest BCUT2D eigenvalue weighted by Crippen LogP contribution is -2.36. The SMILES string of the molecule is CCNC(c1ccc2c(c1)CCO2)C(OCC)OCC. The van der Waals surface area contributed by atoms with E-state index in [1.54, 1.807) is 0 Å². The van der Waals surface area contributed by atoms with E-state index in [1.165, 1.54) is 11.1 Å². The molecule has 1 heterocycles. The third kappa shape index (κ3) is 3.51. The maximum absolute atomic E-state index is 5.75. The van der Waals surface area contributed by atoms with E-state index in [4.69, 9.17) is 14.2 Å². The average molecular weight is 279 g/mol. The summed E-state index contributed by atoms with van der Waals surface area (Å²) in [5.74, 6) is 1.01. The molecule has 0 aromatic heterocycles. The molecule has 1 atom stereocenters. The van der Waals surface area contributed by atoms with Gasteiger partial charge in [-0.25, -0.2) is 0 Å². The maximum Gasteiger partial charge on any atom is 0.176 e. The highest BCUT2D eigenvalue weighted by Crippen LogP contribution is 2.30. The van der Waals surface area contributed by atoms with Gasteiger partial charge in [0, 0.05) is 19.6 Å². The van der Waals surface area contributed by atoms with Crippen molar-refractivity contribution < 1.29 is 14.2 Å². The highest BCUT2D eigenvalue weighted by atomic mass is 16.7. The van der Waals surface area contributed by atoms with Gasteiger partial charge in [0.1, 0.15) is 5.75 Å². The summed E-state index contributed by atoms with van der Waals surface area (Å²) >= 11 is 0. The van der Waals surface area contributed by atoms with Gasteiger partial charge >= 0.3 is 0 Å². The van der Waals surface area contributed by atoms with Crippen molar-refractivity contribution in [3.63, 3.8) is 0 Å². The second-order valence-electron chi connectivity index (χ2n) is 4.78.